The van der Waals surface area contributed by atoms with Gasteiger partial charge in [0.1, 0.15) is 17.2 Å². The van der Waals surface area contributed by atoms with Gasteiger partial charge in [-0.05, 0) is 18.2 Å². The molecular formula is C16H12ClFN2O6. The minimum atomic E-state index is -1.00. The molecule has 10 heteroatoms. The number of hydrogen-bond donors (Lipinski definition) is 0. The fourth-order valence-corrected chi connectivity index (χ4v) is 2.37. The van der Waals surface area contributed by atoms with Crippen LogP contribution in [0.15, 0.2) is 47.8 Å². The zero-order valence-electron chi connectivity index (χ0n) is 13.6. The van der Waals surface area contributed by atoms with Crippen molar-refractivity contribution in [1.82, 2.24) is 0 Å². The predicted molar refractivity (Wildman–Crippen MR) is 89.9 cm³/mol. The van der Waals surface area contributed by atoms with Gasteiger partial charge in [0.05, 0.1) is 35.8 Å². The second kappa shape index (κ2) is 7.79. The molecule has 1 heterocycles. The number of anilines is 1. The van der Waals surface area contributed by atoms with E-state index in [4.69, 9.17) is 11.6 Å². The molecule has 2 rings (SSSR count). The highest BCUT2D eigenvalue weighted by Crippen LogP contribution is 2.37. The van der Waals surface area contributed by atoms with E-state index in [0.717, 1.165) is 25.2 Å². The van der Waals surface area contributed by atoms with Crippen molar-refractivity contribution in [2.45, 2.75) is 0 Å². The molecule has 1 aromatic rings. The van der Waals surface area contributed by atoms with Crippen molar-refractivity contribution in [3.8, 4) is 0 Å². The van der Waals surface area contributed by atoms with Gasteiger partial charge in [-0.25, -0.2) is 14.0 Å². The molecule has 0 atom stereocenters. The number of ether oxygens (including phenoxy) is 2. The molecule has 136 valence electrons. The summed E-state index contributed by atoms with van der Waals surface area (Å²) in [6.07, 6.45) is 5.40. The van der Waals surface area contributed by atoms with Crippen LogP contribution < -0.4 is 4.90 Å². The van der Waals surface area contributed by atoms with Gasteiger partial charge in [-0.2, -0.15) is 0 Å². The molecule has 0 spiro atoms. The molecule has 0 radical (unpaired) electrons. The molecule has 0 unspecified atom stereocenters. The predicted octanol–water partition coefficient (Wildman–Crippen LogP) is 2.88. The van der Waals surface area contributed by atoms with Crippen LogP contribution in [0.25, 0.3) is 0 Å². The molecule has 0 amide bonds. The minimum Gasteiger partial charge on any atom is -0.465 e. The average Bonchev–Trinajstić information content (AvgIpc) is 2.84. The molecule has 1 aliphatic rings. The number of halogens is 2. The summed E-state index contributed by atoms with van der Waals surface area (Å²) >= 11 is 5.75. The molecule has 0 saturated carbocycles. The smallest absolute Gasteiger partial charge is 0.355 e. The molecule has 0 fully saturated rings. The van der Waals surface area contributed by atoms with Crippen molar-refractivity contribution in [2.24, 2.45) is 0 Å². The number of carbonyl (C=O) groups is 2. The third-order valence-electron chi connectivity index (χ3n) is 3.36. The lowest BCUT2D eigenvalue weighted by molar-refractivity contribution is -0.384. The second-order valence-electron chi connectivity index (χ2n) is 4.83. The quantitative estimate of drug-likeness (QED) is 0.448. The molecule has 0 aliphatic carbocycles. The Kier molecular flexibility index (Phi) is 5.73. The molecule has 8 nitrogen and oxygen atoms in total. The summed E-state index contributed by atoms with van der Waals surface area (Å²) in [6, 6.07) is 1.60. The number of nitro groups is 1. The molecule has 0 N–H and O–H groups in total. The lowest BCUT2D eigenvalue weighted by Gasteiger charge is -2.23. The van der Waals surface area contributed by atoms with E-state index >= 15 is 0 Å². The Bertz CT molecular complexity index is 878. The summed E-state index contributed by atoms with van der Waals surface area (Å²) in [7, 11) is 2.19. The zero-order valence-corrected chi connectivity index (χ0v) is 14.3. The monoisotopic (exact) mass is 382 g/mol. The van der Waals surface area contributed by atoms with Crippen molar-refractivity contribution in [2.75, 3.05) is 19.1 Å². The van der Waals surface area contributed by atoms with Crippen LogP contribution in [0.3, 0.4) is 0 Å². The van der Waals surface area contributed by atoms with E-state index in [0.29, 0.717) is 6.07 Å². The fourth-order valence-electron chi connectivity index (χ4n) is 2.22. The first kappa shape index (κ1) is 19.1. The Labute approximate surface area is 151 Å². The summed E-state index contributed by atoms with van der Waals surface area (Å²) in [6.45, 7) is 0. The largest absolute Gasteiger partial charge is 0.465 e. The fraction of sp³-hybridized carbons (Fsp3) is 0.125. The summed E-state index contributed by atoms with van der Waals surface area (Å²) in [4.78, 5) is 35.9. The van der Waals surface area contributed by atoms with E-state index in [9.17, 15) is 24.1 Å². The van der Waals surface area contributed by atoms with Gasteiger partial charge >= 0.3 is 11.9 Å². The molecular weight excluding hydrogens is 371 g/mol. The Balaban J connectivity index is 2.81. The topological polar surface area (TPSA) is 99.0 Å². The Morgan fingerprint density at radius 3 is 2.42 bits per heavy atom. The first-order valence-electron chi connectivity index (χ1n) is 7.00. The van der Waals surface area contributed by atoms with E-state index in [1.807, 2.05) is 0 Å². The van der Waals surface area contributed by atoms with Gasteiger partial charge in [0.15, 0.2) is 0 Å². The SMILES string of the molecule is COC(=O)C1=C(C(=O)OC)N(c2cc(Cl)c(F)cc2[N+](=O)[O-])C=CC=C1. The highest BCUT2D eigenvalue weighted by molar-refractivity contribution is 6.31. The highest BCUT2D eigenvalue weighted by Gasteiger charge is 2.31. The Hall–Kier alpha value is -3.20. The molecule has 0 aromatic heterocycles. The normalized spacial score (nSPS) is 13.5. The Morgan fingerprint density at radius 1 is 1.19 bits per heavy atom. The van der Waals surface area contributed by atoms with E-state index in [2.05, 4.69) is 9.47 Å². The minimum absolute atomic E-state index is 0.209. The van der Waals surface area contributed by atoms with Crippen LogP contribution in [-0.2, 0) is 19.1 Å². The van der Waals surface area contributed by atoms with Gasteiger partial charge in [0.25, 0.3) is 5.69 Å². The molecule has 0 bridgehead atoms. The lowest BCUT2D eigenvalue weighted by Crippen LogP contribution is -2.27. The maximum atomic E-state index is 13.7. The van der Waals surface area contributed by atoms with Gasteiger partial charge in [0, 0.05) is 6.20 Å². The third-order valence-corrected chi connectivity index (χ3v) is 3.65. The first-order valence-corrected chi connectivity index (χ1v) is 7.38. The van der Waals surface area contributed by atoms with E-state index in [1.165, 1.54) is 24.4 Å². The number of hydrogen-bond acceptors (Lipinski definition) is 7. The van der Waals surface area contributed by atoms with Gasteiger partial charge in [-0.15, -0.1) is 0 Å². The van der Waals surface area contributed by atoms with Crippen LogP contribution in [0, 0.1) is 15.9 Å². The number of benzene rings is 1. The van der Waals surface area contributed by atoms with Gasteiger partial charge in [0.2, 0.25) is 0 Å². The molecule has 0 saturated heterocycles. The van der Waals surface area contributed by atoms with Crippen molar-refractivity contribution in [3.05, 3.63) is 68.8 Å². The van der Waals surface area contributed by atoms with Crippen LogP contribution >= 0.6 is 11.6 Å². The average molecular weight is 383 g/mol. The van der Waals surface area contributed by atoms with Crippen LogP contribution in [0.5, 0.6) is 0 Å². The highest BCUT2D eigenvalue weighted by atomic mass is 35.5. The third kappa shape index (κ3) is 3.57. The van der Waals surface area contributed by atoms with Crippen molar-refractivity contribution >= 4 is 34.9 Å². The standard InChI is InChI=1S/C16H12ClFN2O6/c1-25-15(21)9-5-3-4-6-19(14(9)16(22)26-2)12-7-10(17)11(18)8-13(12)20(23)24/h3-8H,1-2H3. The zero-order chi connectivity index (χ0) is 19.4. The number of nitro benzene ring substituents is 1. The van der Waals surface area contributed by atoms with Gasteiger partial charge in [-0.3, -0.25) is 10.1 Å². The second-order valence-corrected chi connectivity index (χ2v) is 5.24. The molecule has 1 aliphatic heterocycles. The van der Waals surface area contributed by atoms with E-state index in [-0.39, 0.29) is 17.0 Å². The Morgan fingerprint density at radius 2 is 1.85 bits per heavy atom. The van der Waals surface area contributed by atoms with Crippen LogP contribution in [0.2, 0.25) is 5.02 Å². The van der Waals surface area contributed by atoms with Gasteiger partial charge in [-0.1, -0.05) is 17.7 Å². The maximum Gasteiger partial charge on any atom is 0.355 e. The molecule has 26 heavy (non-hydrogen) atoms. The number of nitrogens with zero attached hydrogens (tertiary/aromatic N) is 2. The first-order chi connectivity index (χ1) is 12.3. The summed E-state index contributed by atoms with van der Waals surface area (Å²) in [5, 5.41) is 10.9. The number of esters is 2. The summed E-state index contributed by atoms with van der Waals surface area (Å²) in [5.41, 5.74) is -1.46. The number of rotatable bonds is 4. The number of methoxy groups -OCH3 is 2. The number of allylic oxidation sites excluding steroid dienone is 2. The molecule has 1 aromatic carbocycles. The lowest BCUT2D eigenvalue weighted by atomic mass is 10.1. The van der Waals surface area contributed by atoms with E-state index in [1.54, 1.807) is 0 Å². The van der Waals surface area contributed by atoms with Crippen LogP contribution in [0.1, 0.15) is 0 Å². The van der Waals surface area contributed by atoms with E-state index < -0.39 is 33.4 Å². The van der Waals surface area contributed by atoms with Crippen LogP contribution in [-0.4, -0.2) is 31.1 Å². The van der Waals surface area contributed by atoms with Crippen LogP contribution in [0.4, 0.5) is 15.8 Å². The maximum absolute atomic E-state index is 13.7. The van der Waals surface area contributed by atoms with Crippen molar-refractivity contribution < 1.29 is 28.4 Å². The summed E-state index contributed by atoms with van der Waals surface area (Å²) in [5.74, 6) is -2.83. The number of carbonyl (C=O) groups excluding carboxylic acids is 2. The van der Waals surface area contributed by atoms with Gasteiger partial charge < -0.3 is 14.4 Å². The van der Waals surface area contributed by atoms with Crippen molar-refractivity contribution in [3.63, 3.8) is 0 Å². The van der Waals surface area contributed by atoms with Crippen molar-refractivity contribution in [1.29, 1.82) is 0 Å². The summed E-state index contributed by atoms with van der Waals surface area (Å²) < 4.78 is 23.0.